The normalized spacial score (nSPS) is 24.0. The molecule has 1 N–H and O–H groups in total. The minimum absolute atomic E-state index is 0.0557. The molecule has 0 unspecified atom stereocenters. The van der Waals surface area contributed by atoms with Gasteiger partial charge in [0.25, 0.3) is 0 Å². The number of carbonyl (C=O) groups is 2. The number of hydrogen-bond acceptors (Lipinski definition) is 2. The lowest BCUT2D eigenvalue weighted by Gasteiger charge is -2.38. The largest absolute Gasteiger partial charge is 0.481 e. The molecule has 120 valence electrons. The predicted octanol–water partition coefficient (Wildman–Crippen LogP) is 3.45. The SMILES string of the molecule is CCC1(CC)CCCN(C(=O)CC2(C(=O)O)CCC2)CC1. The third kappa shape index (κ3) is 3.24. The average Bonchev–Trinajstić information content (AvgIpc) is 2.65. The van der Waals surface area contributed by atoms with E-state index in [9.17, 15) is 14.7 Å². The average molecular weight is 295 g/mol. The highest BCUT2D eigenvalue weighted by Gasteiger charge is 2.46. The van der Waals surface area contributed by atoms with Crippen LogP contribution in [0, 0.1) is 10.8 Å². The van der Waals surface area contributed by atoms with Crippen LogP contribution in [0.3, 0.4) is 0 Å². The zero-order valence-corrected chi connectivity index (χ0v) is 13.5. The second-order valence-electron chi connectivity index (χ2n) is 7.06. The first-order valence-electron chi connectivity index (χ1n) is 8.48. The second kappa shape index (κ2) is 6.37. The van der Waals surface area contributed by atoms with Crippen LogP contribution in [-0.4, -0.2) is 35.0 Å². The van der Waals surface area contributed by atoms with Crippen molar-refractivity contribution in [1.82, 2.24) is 4.90 Å². The molecule has 0 spiro atoms. The van der Waals surface area contributed by atoms with Crippen LogP contribution in [0.15, 0.2) is 0 Å². The fourth-order valence-corrected chi connectivity index (χ4v) is 3.93. The number of carbonyl (C=O) groups excluding carboxylic acids is 1. The van der Waals surface area contributed by atoms with Gasteiger partial charge < -0.3 is 10.0 Å². The maximum absolute atomic E-state index is 12.5. The molecule has 1 heterocycles. The van der Waals surface area contributed by atoms with E-state index in [2.05, 4.69) is 13.8 Å². The quantitative estimate of drug-likeness (QED) is 0.845. The lowest BCUT2D eigenvalue weighted by molar-refractivity contribution is -0.159. The summed E-state index contributed by atoms with van der Waals surface area (Å²) in [7, 11) is 0. The molecule has 0 atom stereocenters. The Kier molecular flexibility index (Phi) is 4.95. The van der Waals surface area contributed by atoms with E-state index in [1.165, 1.54) is 19.3 Å². The Labute approximate surface area is 127 Å². The number of hydrogen-bond donors (Lipinski definition) is 1. The van der Waals surface area contributed by atoms with Crippen molar-refractivity contribution >= 4 is 11.9 Å². The Hall–Kier alpha value is -1.06. The van der Waals surface area contributed by atoms with Gasteiger partial charge in [-0.25, -0.2) is 0 Å². The Morgan fingerprint density at radius 1 is 1.00 bits per heavy atom. The fraction of sp³-hybridized carbons (Fsp3) is 0.882. The summed E-state index contributed by atoms with van der Waals surface area (Å²) in [5.41, 5.74) is -0.369. The first-order chi connectivity index (χ1) is 9.97. The van der Waals surface area contributed by atoms with Crippen molar-refractivity contribution in [2.24, 2.45) is 10.8 Å². The molecule has 4 heteroatoms. The van der Waals surface area contributed by atoms with Crippen LogP contribution >= 0.6 is 0 Å². The first kappa shape index (κ1) is 16.3. The van der Waals surface area contributed by atoms with Gasteiger partial charge in [-0.3, -0.25) is 9.59 Å². The van der Waals surface area contributed by atoms with Gasteiger partial charge in [0, 0.05) is 19.5 Å². The maximum Gasteiger partial charge on any atom is 0.310 e. The van der Waals surface area contributed by atoms with E-state index in [-0.39, 0.29) is 12.3 Å². The smallest absolute Gasteiger partial charge is 0.310 e. The van der Waals surface area contributed by atoms with Crippen LogP contribution in [-0.2, 0) is 9.59 Å². The lowest BCUT2D eigenvalue weighted by atomic mass is 9.66. The highest BCUT2D eigenvalue weighted by Crippen LogP contribution is 2.45. The van der Waals surface area contributed by atoms with Crippen LogP contribution in [0.4, 0.5) is 0 Å². The molecular formula is C17H29NO3. The summed E-state index contributed by atoms with van der Waals surface area (Å²) < 4.78 is 0. The summed E-state index contributed by atoms with van der Waals surface area (Å²) in [6.07, 6.45) is 8.11. The number of nitrogens with zero attached hydrogens (tertiary/aromatic N) is 1. The number of rotatable bonds is 5. The molecule has 1 aliphatic heterocycles. The van der Waals surface area contributed by atoms with E-state index in [1.807, 2.05) is 4.90 Å². The van der Waals surface area contributed by atoms with Crippen molar-refractivity contribution in [3.05, 3.63) is 0 Å². The topological polar surface area (TPSA) is 57.6 Å². The minimum Gasteiger partial charge on any atom is -0.481 e. The number of carboxylic acids is 1. The summed E-state index contributed by atoms with van der Waals surface area (Å²) >= 11 is 0. The molecule has 0 bridgehead atoms. The highest BCUT2D eigenvalue weighted by atomic mass is 16.4. The van der Waals surface area contributed by atoms with Crippen LogP contribution in [0.1, 0.15) is 71.6 Å². The van der Waals surface area contributed by atoms with Crippen molar-refractivity contribution in [2.45, 2.75) is 71.6 Å². The molecule has 0 aromatic carbocycles. The van der Waals surface area contributed by atoms with E-state index < -0.39 is 11.4 Å². The van der Waals surface area contributed by atoms with Gasteiger partial charge in [-0.05, 0) is 37.5 Å². The zero-order valence-electron chi connectivity index (χ0n) is 13.5. The number of aliphatic carboxylic acids is 1. The molecule has 1 aliphatic carbocycles. The lowest BCUT2D eigenvalue weighted by Crippen LogP contribution is -2.44. The summed E-state index contributed by atoms with van der Waals surface area (Å²) in [6.45, 7) is 6.09. The molecule has 2 rings (SSSR count). The Morgan fingerprint density at radius 2 is 1.67 bits per heavy atom. The van der Waals surface area contributed by atoms with Gasteiger partial charge in [0.1, 0.15) is 0 Å². The molecule has 1 saturated carbocycles. The third-order valence-corrected chi connectivity index (χ3v) is 6.15. The van der Waals surface area contributed by atoms with Crippen LogP contribution in [0.25, 0.3) is 0 Å². The van der Waals surface area contributed by atoms with Gasteiger partial charge >= 0.3 is 5.97 Å². The van der Waals surface area contributed by atoms with Crippen LogP contribution in [0.2, 0.25) is 0 Å². The van der Waals surface area contributed by atoms with Gasteiger partial charge in [0.2, 0.25) is 5.91 Å². The number of amides is 1. The predicted molar refractivity (Wildman–Crippen MR) is 82.0 cm³/mol. The van der Waals surface area contributed by atoms with E-state index >= 15 is 0 Å². The molecule has 0 radical (unpaired) electrons. The van der Waals surface area contributed by atoms with E-state index in [4.69, 9.17) is 0 Å². The summed E-state index contributed by atoms with van der Waals surface area (Å²) in [5, 5.41) is 9.38. The Bertz CT molecular complexity index is 397. The molecule has 2 fully saturated rings. The maximum atomic E-state index is 12.5. The van der Waals surface area contributed by atoms with Gasteiger partial charge in [-0.1, -0.05) is 33.1 Å². The molecule has 0 aromatic rings. The van der Waals surface area contributed by atoms with Gasteiger partial charge in [0.05, 0.1) is 5.41 Å². The van der Waals surface area contributed by atoms with E-state index in [1.54, 1.807) is 0 Å². The standard InChI is InChI=1S/C17H29NO3/c1-3-16(4-2)7-6-11-18(12-10-16)14(19)13-17(15(20)21)8-5-9-17/h3-13H2,1-2H3,(H,20,21). The molecule has 21 heavy (non-hydrogen) atoms. The van der Waals surface area contributed by atoms with E-state index in [0.29, 0.717) is 18.3 Å². The number of carboxylic acid groups (broad SMARTS) is 1. The fourth-order valence-electron chi connectivity index (χ4n) is 3.93. The second-order valence-corrected chi connectivity index (χ2v) is 7.06. The summed E-state index contributed by atoms with van der Waals surface area (Å²) in [4.78, 5) is 25.9. The molecule has 1 saturated heterocycles. The van der Waals surface area contributed by atoms with Crippen molar-refractivity contribution in [3.8, 4) is 0 Å². The van der Waals surface area contributed by atoms with Crippen molar-refractivity contribution in [2.75, 3.05) is 13.1 Å². The Balaban J connectivity index is 1.96. The van der Waals surface area contributed by atoms with Crippen molar-refractivity contribution in [1.29, 1.82) is 0 Å². The van der Waals surface area contributed by atoms with Gasteiger partial charge in [-0.15, -0.1) is 0 Å². The summed E-state index contributed by atoms with van der Waals surface area (Å²) in [6, 6.07) is 0. The van der Waals surface area contributed by atoms with Crippen LogP contribution in [0.5, 0.6) is 0 Å². The molecule has 2 aliphatic rings. The molecular weight excluding hydrogens is 266 g/mol. The highest BCUT2D eigenvalue weighted by molar-refractivity contribution is 5.85. The van der Waals surface area contributed by atoms with Crippen LogP contribution < -0.4 is 0 Å². The Morgan fingerprint density at radius 3 is 2.14 bits per heavy atom. The zero-order chi connectivity index (χ0) is 15.5. The van der Waals surface area contributed by atoms with Gasteiger partial charge in [-0.2, -0.15) is 0 Å². The van der Waals surface area contributed by atoms with Crippen molar-refractivity contribution in [3.63, 3.8) is 0 Å². The first-order valence-corrected chi connectivity index (χ1v) is 8.48. The number of likely N-dealkylation sites (tertiary alicyclic amines) is 1. The van der Waals surface area contributed by atoms with Crippen molar-refractivity contribution < 1.29 is 14.7 Å². The minimum atomic E-state index is -0.784. The van der Waals surface area contributed by atoms with Gasteiger partial charge in [0.15, 0.2) is 0 Å². The summed E-state index contributed by atoms with van der Waals surface area (Å²) in [5.74, 6) is -0.728. The third-order valence-electron chi connectivity index (χ3n) is 6.15. The molecule has 4 nitrogen and oxygen atoms in total. The molecule has 1 amide bonds. The molecule has 0 aromatic heterocycles. The monoisotopic (exact) mass is 295 g/mol. The van der Waals surface area contributed by atoms with E-state index in [0.717, 1.165) is 32.4 Å².